The van der Waals surface area contributed by atoms with E-state index in [0.29, 0.717) is 13.2 Å². The Labute approximate surface area is 160 Å². The quantitative estimate of drug-likeness (QED) is 0.752. The van der Waals surface area contributed by atoms with Crippen molar-refractivity contribution in [2.45, 2.75) is 25.4 Å². The highest BCUT2D eigenvalue weighted by molar-refractivity contribution is 5.85. The number of carbonyl (C=O) groups excluding carboxylic acids is 1. The monoisotopic (exact) mass is 383 g/mol. The lowest BCUT2D eigenvalue weighted by Crippen LogP contribution is -2.47. The Bertz CT molecular complexity index is 656. The van der Waals surface area contributed by atoms with E-state index in [1.54, 1.807) is 12.4 Å². The lowest BCUT2D eigenvalue weighted by molar-refractivity contribution is -0.123. The molecule has 1 aromatic carbocycles. The maximum atomic E-state index is 12.2. The number of fused-ring (bicyclic) bond motifs is 1. The van der Waals surface area contributed by atoms with Gasteiger partial charge in [0.15, 0.2) is 0 Å². The van der Waals surface area contributed by atoms with Gasteiger partial charge in [0.05, 0.1) is 18.8 Å². The maximum absolute atomic E-state index is 12.2. The smallest absolute Gasteiger partial charge is 0.237 e. The van der Waals surface area contributed by atoms with Crippen LogP contribution in [0.3, 0.4) is 0 Å². The van der Waals surface area contributed by atoms with E-state index in [1.165, 1.54) is 11.1 Å². The van der Waals surface area contributed by atoms with E-state index in [9.17, 15) is 4.79 Å². The summed E-state index contributed by atoms with van der Waals surface area (Å²) in [5.74, 6) is 0.810. The summed E-state index contributed by atoms with van der Waals surface area (Å²) in [5, 5.41) is 6.26. The third-order valence-corrected chi connectivity index (χ3v) is 3.92. The number of rotatable bonds is 6. The minimum Gasteiger partial charge on any atom is -0.492 e. The van der Waals surface area contributed by atoms with Crippen LogP contribution in [0.25, 0.3) is 0 Å². The van der Waals surface area contributed by atoms with E-state index >= 15 is 0 Å². The molecule has 1 aliphatic heterocycles. The molecule has 0 unspecified atom stereocenters. The lowest BCUT2D eigenvalue weighted by atomic mass is 9.95. The topological polar surface area (TPSA) is 63.2 Å². The average molecular weight is 384 g/mol. The number of aromatic nitrogens is 1. The van der Waals surface area contributed by atoms with Crippen molar-refractivity contribution in [3.05, 3.63) is 59.9 Å². The largest absolute Gasteiger partial charge is 0.492 e. The van der Waals surface area contributed by atoms with Crippen LogP contribution in [0.4, 0.5) is 0 Å². The van der Waals surface area contributed by atoms with E-state index in [4.69, 9.17) is 4.74 Å². The Morgan fingerprint density at radius 3 is 2.76 bits per heavy atom. The summed E-state index contributed by atoms with van der Waals surface area (Å²) in [6, 6.07) is 11.8. The first-order valence-electron chi connectivity index (χ1n) is 7.93. The summed E-state index contributed by atoms with van der Waals surface area (Å²) < 4.78 is 5.55. The molecular formula is C18H23Cl2N3O2. The van der Waals surface area contributed by atoms with Crippen LogP contribution in [0, 0.1) is 0 Å². The third-order valence-electron chi connectivity index (χ3n) is 3.92. The molecule has 3 rings (SSSR count). The first-order chi connectivity index (χ1) is 11.3. The van der Waals surface area contributed by atoms with Gasteiger partial charge in [0, 0.05) is 19.3 Å². The number of benzene rings is 1. The number of ether oxygens (including phenoxy) is 1. The molecule has 1 aliphatic rings. The van der Waals surface area contributed by atoms with E-state index in [1.807, 2.05) is 24.3 Å². The molecule has 1 atom stereocenters. The number of hydrogen-bond acceptors (Lipinski definition) is 4. The Balaban J connectivity index is 0.00000156. The van der Waals surface area contributed by atoms with Gasteiger partial charge in [-0.1, -0.05) is 24.3 Å². The van der Waals surface area contributed by atoms with Gasteiger partial charge in [0.1, 0.15) is 5.75 Å². The van der Waals surface area contributed by atoms with Crippen LogP contribution in [-0.2, 0) is 17.8 Å². The number of nitrogens with one attached hydrogen (secondary N) is 2. The maximum Gasteiger partial charge on any atom is 0.237 e. The van der Waals surface area contributed by atoms with Gasteiger partial charge in [-0.25, -0.2) is 0 Å². The van der Waals surface area contributed by atoms with Gasteiger partial charge in [-0.2, -0.15) is 0 Å². The molecular weight excluding hydrogens is 361 g/mol. The summed E-state index contributed by atoms with van der Waals surface area (Å²) >= 11 is 0. The molecule has 0 spiro atoms. The number of hydrogen-bond donors (Lipinski definition) is 2. The van der Waals surface area contributed by atoms with E-state index in [-0.39, 0.29) is 36.8 Å². The molecule has 0 radical (unpaired) electrons. The fourth-order valence-electron chi connectivity index (χ4n) is 2.67. The highest BCUT2D eigenvalue weighted by atomic mass is 35.5. The molecule has 0 bridgehead atoms. The molecule has 0 aliphatic carbocycles. The first-order valence-corrected chi connectivity index (χ1v) is 7.93. The molecule has 2 N–H and O–H groups in total. The molecule has 1 amide bonds. The van der Waals surface area contributed by atoms with Gasteiger partial charge in [0.2, 0.25) is 5.91 Å². The normalized spacial score (nSPS) is 15.1. The van der Waals surface area contributed by atoms with Crippen molar-refractivity contribution in [2.24, 2.45) is 0 Å². The molecule has 25 heavy (non-hydrogen) atoms. The number of nitrogens with zero attached hydrogens (tertiary/aromatic N) is 1. The standard InChI is InChI=1S/C18H21N3O2.2ClH/c22-18(17-11-14-5-1-2-6-15(14)12-21-17)20-9-4-10-23-16-7-3-8-19-13-16;;/h1-3,5-8,13,17,21H,4,9-12H2,(H,20,22);2*1H/t17-;;/m1../s1. The van der Waals surface area contributed by atoms with Crippen LogP contribution in [-0.4, -0.2) is 30.1 Å². The van der Waals surface area contributed by atoms with Crippen molar-refractivity contribution in [2.75, 3.05) is 13.2 Å². The van der Waals surface area contributed by atoms with E-state index < -0.39 is 0 Å². The molecule has 5 nitrogen and oxygen atoms in total. The van der Waals surface area contributed by atoms with Crippen LogP contribution >= 0.6 is 24.8 Å². The highest BCUT2D eigenvalue weighted by Crippen LogP contribution is 2.16. The summed E-state index contributed by atoms with van der Waals surface area (Å²) in [7, 11) is 0. The molecule has 0 saturated carbocycles. The van der Waals surface area contributed by atoms with Crippen LogP contribution in [0.1, 0.15) is 17.5 Å². The van der Waals surface area contributed by atoms with Crippen molar-refractivity contribution in [1.82, 2.24) is 15.6 Å². The number of pyridine rings is 1. The van der Waals surface area contributed by atoms with Crippen molar-refractivity contribution in [3.8, 4) is 5.75 Å². The average Bonchev–Trinajstić information content (AvgIpc) is 2.61. The minimum atomic E-state index is -0.149. The fraction of sp³-hybridized carbons (Fsp3) is 0.333. The van der Waals surface area contributed by atoms with E-state index in [0.717, 1.165) is 25.1 Å². The zero-order valence-electron chi connectivity index (χ0n) is 13.8. The second kappa shape index (κ2) is 10.9. The molecule has 0 fully saturated rings. The molecule has 136 valence electrons. The van der Waals surface area contributed by atoms with Gasteiger partial charge in [-0.3, -0.25) is 9.78 Å². The Hall–Kier alpha value is -1.82. The lowest BCUT2D eigenvalue weighted by Gasteiger charge is -2.25. The second-order valence-corrected chi connectivity index (χ2v) is 5.59. The summed E-state index contributed by atoms with van der Waals surface area (Å²) in [5.41, 5.74) is 2.53. The molecule has 1 aromatic heterocycles. The van der Waals surface area contributed by atoms with Crippen LogP contribution in [0.2, 0.25) is 0 Å². The van der Waals surface area contributed by atoms with Gasteiger partial charge < -0.3 is 15.4 Å². The fourth-order valence-corrected chi connectivity index (χ4v) is 2.67. The van der Waals surface area contributed by atoms with Gasteiger partial charge >= 0.3 is 0 Å². The predicted octanol–water partition coefficient (Wildman–Crippen LogP) is 2.52. The SMILES string of the molecule is Cl.Cl.O=C(NCCCOc1cccnc1)[C@H]1Cc2ccccc2CN1. The highest BCUT2D eigenvalue weighted by Gasteiger charge is 2.23. The molecule has 2 heterocycles. The third kappa shape index (κ3) is 6.20. The van der Waals surface area contributed by atoms with Gasteiger partial charge in [-0.05, 0) is 36.1 Å². The Morgan fingerprint density at radius 2 is 2.00 bits per heavy atom. The van der Waals surface area contributed by atoms with E-state index in [2.05, 4.69) is 27.8 Å². The zero-order valence-corrected chi connectivity index (χ0v) is 15.4. The molecule has 0 saturated heterocycles. The van der Waals surface area contributed by atoms with Crippen molar-refractivity contribution in [3.63, 3.8) is 0 Å². The molecule has 7 heteroatoms. The van der Waals surface area contributed by atoms with Crippen LogP contribution < -0.4 is 15.4 Å². The van der Waals surface area contributed by atoms with Crippen LogP contribution in [0.5, 0.6) is 5.75 Å². The van der Waals surface area contributed by atoms with Crippen molar-refractivity contribution >= 4 is 30.7 Å². The first kappa shape index (κ1) is 21.2. The van der Waals surface area contributed by atoms with Crippen molar-refractivity contribution < 1.29 is 9.53 Å². The summed E-state index contributed by atoms with van der Waals surface area (Å²) in [6.45, 7) is 1.92. The predicted molar refractivity (Wildman–Crippen MR) is 103 cm³/mol. The minimum absolute atomic E-state index is 0. The summed E-state index contributed by atoms with van der Waals surface area (Å²) in [6.07, 6.45) is 4.91. The zero-order chi connectivity index (χ0) is 15.9. The number of halogens is 2. The number of amides is 1. The van der Waals surface area contributed by atoms with Gasteiger partial charge in [-0.15, -0.1) is 24.8 Å². The molecule has 2 aromatic rings. The Kier molecular flexibility index (Phi) is 9.27. The van der Waals surface area contributed by atoms with Crippen molar-refractivity contribution in [1.29, 1.82) is 0 Å². The number of carbonyl (C=O) groups is 1. The summed E-state index contributed by atoms with van der Waals surface area (Å²) in [4.78, 5) is 16.2. The van der Waals surface area contributed by atoms with Gasteiger partial charge in [0.25, 0.3) is 0 Å². The van der Waals surface area contributed by atoms with Crippen LogP contribution in [0.15, 0.2) is 48.8 Å². The second-order valence-electron chi connectivity index (χ2n) is 5.59. The Morgan fingerprint density at radius 1 is 1.20 bits per heavy atom.